The average molecular weight is 402 g/mol. The Balaban J connectivity index is 1.60. The second-order valence-corrected chi connectivity index (χ2v) is 8.80. The van der Waals surface area contributed by atoms with Gasteiger partial charge in [0.25, 0.3) is 0 Å². The first kappa shape index (κ1) is 21.8. The summed E-state index contributed by atoms with van der Waals surface area (Å²) in [5.41, 5.74) is 3.19. The van der Waals surface area contributed by atoms with E-state index in [1.54, 1.807) is 4.90 Å². The Hall–Kier alpha value is -1.92. The molecule has 2 amide bonds. The van der Waals surface area contributed by atoms with Gasteiger partial charge in [0.2, 0.25) is 11.8 Å². The van der Waals surface area contributed by atoms with Crippen molar-refractivity contribution in [3.05, 3.63) is 29.3 Å². The second-order valence-electron chi connectivity index (χ2n) is 8.80. The minimum atomic E-state index is -0.285. The van der Waals surface area contributed by atoms with Crippen LogP contribution in [0.4, 0.5) is 5.69 Å². The van der Waals surface area contributed by atoms with Gasteiger partial charge in [-0.05, 0) is 43.4 Å². The summed E-state index contributed by atoms with van der Waals surface area (Å²) in [5, 5.41) is 3.15. The van der Waals surface area contributed by atoms with E-state index in [1.165, 1.54) is 0 Å². The number of anilines is 1. The first-order valence-corrected chi connectivity index (χ1v) is 10.8. The summed E-state index contributed by atoms with van der Waals surface area (Å²) in [6.07, 6.45) is 1.32. The molecule has 2 heterocycles. The van der Waals surface area contributed by atoms with Gasteiger partial charge in [-0.15, -0.1) is 0 Å². The van der Waals surface area contributed by atoms with Gasteiger partial charge >= 0.3 is 0 Å². The molecule has 29 heavy (non-hydrogen) atoms. The number of aryl methyl sites for hydroxylation is 1. The van der Waals surface area contributed by atoms with Gasteiger partial charge in [0.15, 0.2) is 0 Å². The van der Waals surface area contributed by atoms with E-state index in [0.717, 1.165) is 49.5 Å². The van der Waals surface area contributed by atoms with Crippen LogP contribution in [0.15, 0.2) is 18.2 Å². The van der Waals surface area contributed by atoms with Crippen molar-refractivity contribution >= 4 is 17.5 Å². The molecule has 2 saturated heterocycles. The summed E-state index contributed by atoms with van der Waals surface area (Å²) in [5.74, 6) is 0.304. The number of ether oxygens (including phenoxy) is 1. The zero-order valence-electron chi connectivity index (χ0n) is 18.2. The molecule has 0 spiro atoms. The number of benzene rings is 1. The van der Waals surface area contributed by atoms with Crippen molar-refractivity contribution in [2.24, 2.45) is 11.8 Å². The fraction of sp³-hybridized carbons (Fsp3) is 0.652. The van der Waals surface area contributed by atoms with Gasteiger partial charge in [-0.25, -0.2) is 0 Å². The fourth-order valence-corrected chi connectivity index (χ4v) is 4.36. The van der Waals surface area contributed by atoms with E-state index >= 15 is 0 Å². The Labute approximate surface area is 174 Å². The summed E-state index contributed by atoms with van der Waals surface area (Å²) in [6, 6.07) is 6.30. The maximum absolute atomic E-state index is 12.9. The van der Waals surface area contributed by atoms with Crippen LogP contribution in [0.2, 0.25) is 0 Å². The normalized spacial score (nSPS) is 21.6. The van der Waals surface area contributed by atoms with E-state index in [2.05, 4.69) is 24.1 Å². The third-order valence-corrected chi connectivity index (χ3v) is 6.18. The highest BCUT2D eigenvalue weighted by Gasteiger charge is 2.36. The van der Waals surface area contributed by atoms with E-state index in [0.29, 0.717) is 25.0 Å². The molecule has 1 aromatic rings. The molecule has 2 aliphatic heterocycles. The third kappa shape index (κ3) is 5.37. The lowest BCUT2D eigenvalue weighted by Gasteiger charge is -2.35. The number of morpholine rings is 1. The first-order valence-electron chi connectivity index (χ1n) is 10.8. The molecule has 6 heteroatoms. The van der Waals surface area contributed by atoms with Crippen LogP contribution in [0.5, 0.6) is 0 Å². The van der Waals surface area contributed by atoms with Crippen molar-refractivity contribution in [1.29, 1.82) is 0 Å². The summed E-state index contributed by atoms with van der Waals surface area (Å²) >= 11 is 0. The minimum absolute atomic E-state index is 0.00632. The number of hydrogen-bond donors (Lipinski definition) is 1. The Morgan fingerprint density at radius 2 is 1.97 bits per heavy atom. The Morgan fingerprint density at radius 3 is 2.66 bits per heavy atom. The molecule has 2 atom stereocenters. The number of amides is 2. The molecule has 2 fully saturated rings. The van der Waals surface area contributed by atoms with E-state index in [-0.39, 0.29) is 24.2 Å². The van der Waals surface area contributed by atoms with Crippen LogP contribution in [0.1, 0.15) is 37.8 Å². The molecular formula is C23H35N3O3. The van der Waals surface area contributed by atoms with Crippen LogP contribution in [0, 0.1) is 25.7 Å². The number of hydrogen-bond acceptors (Lipinski definition) is 4. The Kier molecular flexibility index (Phi) is 7.30. The molecule has 0 bridgehead atoms. The number of rotatable bonds is 7. The van der Waals surface area contributed by atoms with Crippen molar-refractivity contribution in [2.45, 2.75) is 46.6 Å². The van der Waals surface area contributed by atoms with Crippen molar-refractivity contribution in [3.8, 4) is 0 Å². The number of nitrogens with zero attached hydrogens (tertiary/aromatic N) is 2. The maximum atomic E-state index is 12.9. The average Bonchev–Trinajstić information content (AvgIpc) is 3.09. The molecule has 0 radical (unpaired) electrons. The van der Waals surface area contributed by atoms with Crippen molar-refractivity contribution in [1.82, 2.24) is 10.2 Å². The largest absolute Gasteiger partial charge is 0.379 e. The second kappa shape index (κ2) is 9.72. The lowest BCUT2D eigenvalue weighted by atomic mass is 10.0. The summed E-state index contributed by atoms with van der Waals surface area (Å²) in [4.78, 5) is 29.7. The van der Waals surface area contributed by atoms with E-state index in [4.69, 9.17) is 4.74 Å². The first-order chi connectivity index (χ1) is 13.9. The predicted octanol–water partition coefficient (Wildman–Crippen LogP) is 2.52. The lowest BCUT2D eigenvalue weighted by molar-refractivity contribution is -0.126. The van der Waals surface area contributed by atoms with Crippen LogP contribution >= 0.6 is 0 Å². The van der Waals surface area contributed by atoms with Crippen LogP contribution in [-0.2, 0) is 14.3 Å². The van der Waals surface area contributed by atoms with Gasteiger partial charge in [-0.1, -0.05) is 26.0 Å². The van der Waals surface area contributed by atoms with Crippen LogP contribution in [0.3, 0.4) is 0 Å². The Bertz CT molecular complexity index is 728. The molecule has 160 valence electrons. The molecule has 0 aromatic heterocycles. The minimum Gasteiger partial charge on any atom is -0.379 e. The Morgan fingerprint density at radius 1 is 1.24 bits per heavy atom. The highest BCUT2D eigenvalue weighted by Crippen LogP contribution is 2.29. The summed E-state index contributed by atoms with van der Waals surface area (Å²) in [7, 11) is 0. The zero-order valence-corrected chi connectivity index (χ0v) is 18.2. The molecule has 0 saturated carbocycles. The monoisotopic (exact) mass is 401 g/mol. The van der Waals surface area contributed by atoms with Crippen LogP contribution in [-0.4, -0.2) is 62.1 Å². The molecule has 1 aromatic carbocycles. The molecular weight excluding hydrogens is 366 g/mol. The lowest BCUT2D eigenvalue weighted by Crippen LogP contribution is -2.50. The number of carbonyl (C=O) groups is 2. The zero-order chi connectivity index (χ0) is 21.0. The summed E-state index contributed by atoms with van der Waals surface area (Å²) in [6.45, 7) is 12.9. The molecule has 0 aliphatic carbocycles. The van der Waals surface area contributed by atoms with Crippen molar-refractivity contribution in [3.63, 3.8) is 0 Å². The quantitative estimate of drug-likeness (QED) is 0.763. The topological polar surface area (TPSA) is 61.9 Å². The van der Waals surface area contributed by atoms with Crippen molar-refractivity contribution < 1.29 is 14.3 Å². The molecule has 2 unspecified atom stereocenters. The van der Waals surface area contributed by atoms with Gasteiger partial charge in [-0.2, -0.15) is 0 Å². The standard InChI is InChI=1S/C23H35N3O3/c1-16(2)12-20(25-8-10-29-11-9-25)14-24-23(28)19-13-22(27)26(15-19)21-7-5-6-17(3)18(21)4/h5-7,16,19-20H,8-15H2,1-4H3,(H,24,28). The highest BCUT2D eigenvalue weighted by molar-refractivity contribution is 6.00. The molecule has 6 nitrogen and oxygen atoms in total. The summed E-state index contributed by atoms with van der Waals surface area (Å²) < 4.78 is 5.47. The van der Waals surface area contributed by atoms with E-state index in [1.807, 2.05) is 32.0 Å². The molecule has 1 N–H and O–H groups in total. The molecule has 3 rings (SSSR count). The smallest absolute Gasteiger partial charge is 0.227 e. The van der Waals surface area contributed by atoms with Gasteiger partial charge in [-0.3, -0.25) is 14.5 Å². The van der Waals surface area contributed by atoms with Crippen LogP contribution < -0.4 is 10.2 Å². The van der Waals surface area contributed by atoms with Gasteiger partial charge in [0.05, 0.1) is 19.1 Å². The number of nitrogens with one attached hydrogen (secondary N) is 1. The van der Waals surface area contributed by atoms with Crippen molar-refractivity contribution in [2.75, 3.05) is 44.3 Å². The SMILES string of the molecule is Cc1cccc(N2CC(C(=O)NCC(CC(C)C)N3CCOCC3)CC2=O)c1C. The maximum Gasteiger partial charge on any atom is 0.227 e. The van der Waals surface area contributed by atoms with Gasteiger partial charge < -0.3 is 15.0 Å². The third-order valence-electron chi connectivity index (χ3n) is 6.18. The van der Waals surface area contributed by atoms with Crippen LogP contribution in [0.25, 0.3) is 0 Å². The van der Waals surface area contributed by atoms with E-state index < -0.39 is 0 Å². The highest BCUT2D eigenvalue weighted by atomic mass is 16.5. The van der Waals surface area contributed by atoms with Gasteiger partial charge in [0, 0.05) is 44.3 Å². The van der Waals surface area contributed by atoms with E-state index in [9.17, 15) is 9.59 Å². The molecule has 2 aliphatic rings. The fourth-order valence-electron chi connectivity index (χ4n) is 4.36. The predicted molar refractivity (Wildman–Crippen MR) is 115 cm³/mol. The van der Waals surface area contributed by atoms with Gasteiger partial charge in [0.1, 0.15) is 0 Å². The number of carbonyl (C=O) groups excluding carboxylic acids is 2.